The highest BCUT2D eigenvalue weighted by molar-refractivity contribution is 6.57. The van der Waals surface area contributed by atoms with Crippen molar-refractivity contribution in [3.63, 3.8) is 0 Å². The molecule has 0 aliphatic rings. The van der Waals surface area contributed by atoms with Gasteiger partial charge in [-0.3, -0.25) is 9.78 Å². The quantitative estimate of drug-likeness (QED) is 0.534. The first-order valence-electron chi connectivity index (χ1n) is 3.62. The maximum atomic E-state index is 12.0. The molecule has 0 unspecified atom stereocenters. The van der Waals surface area contributed by atoms with E-state index in [0.29, 0.717) is 6.29 Å². The van der Waals surface area contributed by atoms with Crippen LogP contribution in [0.25, 0.3) is 0 Å². The molecule has 0 radical (unpaired) electrons. The van der Waals surface area contributed by atoms with Gasteiger partial charge in [0.1, 0.15) is 0 Å². The third-order valence-electron chi connectivity index (χ3n) is 1.52. The lowest BCUT2D eigenvalue weighted by atomic mass is 9.81. The molecule has 0 spiro atoms. The Morgan fingerprint density at radius 1 is 1.46 bits per heavy atom. The Kier molecular flexibility index (Phi) is 2.70. The summed E-state index contributed by atoms with van der Waals surface area (Å²) in [6, 6.07) is 1.21. The van der Waals surface area contributed by atoms with Gasteiger partial charge in [-0.25, -0.2) is 0 Å². The van der Waals surface area contributed by atoms with Crippen LogP contribution in [-0.4, -0.2) is 18.2 Å². The van der Waals surface area contributed by atoms with Crippen LogP contribution < -0.4 is 0 Å². The Morgan fingerprint density at radius 3 is 2.69 bits per heavy atom. The van der Waals surface area contributed by atoms with Gasteiger partial charge >= 0.3 is 6.98 Å². The SMILES string of the molecule is O=Cc1cnccc1C[B-](F)(F)F. The molecule has 13 heavy (non-hydrogen) atoms. The first-order valence-corrected chi connectivity index (χ1v) is 3.62. The summed E-state index contributed by atoms with van der Waals surface area (Å²) in [5, 5.41) is 0. The average Bonchev–Trinajstić information content (AvgIpc) is 2.02. The molecule has 1 rings (SSSR count). The van der Waals surface area contributed by atoms with Crippen molar-refractivity contribution < 1.29 is 17.7 Å². The zero-order valence-electron chi connectivity index (χ0n) is 6.58. The van der Waals surface area contributed by atoms with Crippen molar-refractivity contribution in [2.45, 2.75) is 6.32 Å². The first-order chi connectivity index (χ1) is 6.03. The van der Waals surface area contributed by atoms with Crippen molar-refractivity contribution in [1.29, 1.82) is 0 Å². The van der Waals surface area contributed by atoms with E-state index < -0.39 is 13.3 Å². The maximum absolute atomic E-state index is 12.0. The third kappa shape index (κ3) is 2.89. The fraction of sp³-hybridized carbons (Fsp3) is 0.143. The monoisotopic (exact) mass is 188 g/mol. The Bertz CT molecular complexity index is 313. The Morgan fingerprint density at radius 2 is 2.15 bits per heavy atom. The summed E-state index contributed by atoms with van der Waals surface area (Å²) in [6.45, 7) is -4.90. The van der Waals surface area contributed by atoms with E-state index in [1.807, 2.05) is 0 Å². The van der Waals surface area contributed by atoms with Crippen molar-refractivity contribution in [3.8, 4) is 0 Å². The van der Waals surface area contributed by atoms with Crippen molar-refractivity contribution in [1.82, 2.24) is 4.98 Å². The summed E-state index contributed by atoms with van der Waals surface area (Å²) in [7, 11) is 0. The molecule has 1 heterocycles. The Balaban J connectivity index is 2.94. The molecule has 0 amide bonds. The number of nitrogens with zero attached hydrogens (tertiary/aromatic N) is 1. The zero-order chi connectivity index (χ0) is 9.90. The van der Waals surface area contributed by atoms with E-state index in [1.54, 1.807) is 0 Å². The number of hydrogen-bond acceptors (Lipinski definition) is 2. The number of pyridine rings is 1. The van der Waals surface area contributed by atoms with Crippen LogP contribution in [0.3, 0.4) is 0 Å². The summed E-state index contributed by atoms with van der Waals surface area (Å²) in [5.41, 5.74) is -0.0146. The van der Waals surface area contributed by atoms with Crippen molar-refractivity contribution >= 4 is 13.3 Å². The van der Waals surface area contributed by atoms with E-state index in [9.17, 15) is 17.7 Å². The molecule has 0 atom stereocenters. The van der Waals surface area contributed by atoms with Gasteiger partial charge in [0, 0.05) is 18.0 Å². The second-order valence-corrected chi connectivity index (χ2v) is 2.61. The number of aldehydes is 1. The molecule has 0 aliphatic heterocycles. The molecule has 0 aromatic carbocycles. The van der Waals surface area contributed by atoms with E-state index in [-0.39, 0.29) is 11.1 Å². The molecular weight excluding hydrogens is 182 g/mol. The summed E-state index contributed by atoms with van der Waals surface area (Å²) >= 11 is 0. The lowest BCUT2D eigenvalue weighted by Crippen LogP contribution is -2.20. The lowest BCUT2D eigenvalue weighted by molar-refractivity contribution is 0.112. The van der Waals surface area contributed by atoms with E-state index >= 15 is 0 Å². The van der Waals surface area contributed by atoms with Gasteiger partial charge in [-0.05, 0) is 6.07 Å². The van der Waals surface area contributed by atoms with Gasteiger partial charge < -0.3 is 12.9 Å². The Labute approximate surface area is 72.8 Å². The topological polar surface area (TPSA) is 30.0 Å². The molecule has 70 valence electrons. The molecule has 0 saturated heterocycles. The van der Waals surface area contributed by atoms with Crippen LogP contribution in [0.1, 0.15) is 15.9 Å². The average molecular weight is 188 g/mol. The predicted molar refractivity (Wildman–Crippen MR) is 42.4 cm³/mol. The first kappa shape index (κ1) is 9.76. The van der Waals surface area contributed by atoms with Crippen LogP contribution in [0.15, 0.2) is 18.5 Å². The highest BCUT2D eigenvalue weighted by Crippen LogP contribution is 2.17. The van der Waals surface area contributed by atoms with E-state index in [4.69, 9.17) is 0 Å². The van der Waals surface area contributed by atoms with E-state index in [0.717, 1.165) is 6.20 Å². The van der Waals surface area contributed by atoms with Gasteiger partial charge in [-0.2, -0.15) is 0 Å². The molecule has 0 saturated carbocycles. The number of rotatable bonds is 3. The second-order valence-electron chi connectivity index (χ2n) is 2.61. The third-order valence-corrected chi connectivity index (χ3v) is 1.52. The molecule has 0 bridgehead atoms. The summed E-state index contributed by atoms with van der Waals surface area (Å²) in [6.07, 6.45) is 1.72. The molecule has 2 nitrogen and oxygen atoms in total. The molecule has 0 aliphatic carbocycles. The fourth-order valence-electron chi connectivity index (χ4n) is 0.977. The van der Waals surface area contributed by atoms with Crippen molar-refractivity contribution in [2.75, 3.05) is 0 Å². The summed E-state index contributed by atoms with van der Waals surface area (Å²) in [4.78, 5) is 13.9. The van der Waals surface area contributed by atoms with Gasteiger partial charge in [0.25, 0.3) is 0 Å². The number of carbonyl (C=O) groups excluding carboxylic acids is 1. The zero-order valence-corrected chi connectivity index (χ0v) is 6.58. The highest BCUT2D eigenvalue weighted by atomic mass is 19.4. The highest BCUT2D eigenvalue weighted by Gasteiger charge is 2.24. The lowest BCUT2D eigenvalue weighted by Gasteiger charge is -2.14. The van der Waals surface area contributed by atoms with Gasteiger partial charge in [0.2, 0.25) is 0 Å². The standard InChI is InChI=1S/C7H6BF3NO/c9-8(10,11)3-6-1-2-12-4-7(6)5-13/h1-2,4-5H,3H2/q-1. The van der Waals surface area contributed by atoms with Crippen LogP contribution in [0.5, 0.6) is 0 Å². The van der Waals surface area contributed by atoms with Crippen LogP contribution in [-0.2, 0) is 6.32 Å². The van der Waals surface area contributed by atoms with Crippen LogP contribution in [0.4, 0.5) is 12.9 Å². The van der Waals surface area contributed by atoms with Crippen molar-refractivity contribution in [2.24, 2.45) is 0 Å². The Hall–Kier alpha value is -1.33. The largest absolute Gasteiger partial charge is 0.482 e. The van der Waals surface area contributed by atoms with E-state index in [2.05, 4.69) is 4.98 Å². The smallest absolute Gasteiger partial charge is 0.449 e. The second kappa shape index (κ2) is 3.59. The molecule has 0 N–H and O–H groups in total. The minimum Gasteiger partial charge on any atom is -0.449 e. The summed E-state index contributed by atoms with van der Waals surface area (Å²) in [5.74, 6) is 0. The summed E-state index contributed by atoms with van der Waals surface area (Å²) < 4.78 is 36.0. The van der Waals surface area contributed by atoms with Gasteiger partial charge in [0.15, 0.2) is 6.29 Å². The van der Waals surface area contributed by atoms with Crippen LogP contribution in [0.2, 0.25) is 0 Å². The normalized spacial score (nSPS) is 11.3. The molecule has 1 aromatic heterocycles. The molecular formula is C7H6BF3NO-. The van der Waals surface area contributed by atoms with Crippen LogP contribution in [0, 0.1) is 0 Å². The number of carbonyl (C=O) groups is 1. The van der Waals surface area contributed by atoms with Crippen molar-refractivity contribution in [3.05, 3.63) is 29.6 Å². The number of aromatic nitrogens is 1. The minimum atomic E-state index is -4.90. The molecule has 0 fully saturated rings. The van der Waals surface area contributed by atoms with E-state index in [1.165, 1.54) is 12.3 Å². The predicted octanol–water partition coefficient (Wildman–Crippen LogP) is 1.82. The van der Waals surface area contributed by atoms with Gasteiger partial charge in [-0.1, -0.05) is 11.9 Å². The van der Waals surface area contributed by atoms with Gasteiger partial charge in [-0.15, -0.1) is 0 Å². The number of halogens is 3. The minimum absolute atomic E-state index is 0.00157. The number of hydrogen-bond donors (Lipinski definition) is 0. The maximum Gasteiger partial charge on any atom is 0.482 e. The molecule has 6 heteroatoms. The van der Waals surface area contributed by atoms with Gasteiger partial charge in [0.05, 0.1) is 0 Å². The van der Waals surface area contributed by atoms with Crippen LogP contribution >= 0.6 is 0 Å². The molecule has 1 aromatic rings. The fourth-order valence-corrected chi connectivity index (χ4v) is 0.977.